The molecule has 1 heterocycles. The zero-order chi connectivity index (χ0) is 17.2. The quantitative estimate of drug-likeness (QED) is 0.366. The third kappa shape index (κ3) is 7.92. The minimum Gasteiger partial charge on any atom is -0.355 e. The molecule has 0 saturated heterocycles. The predicted octanol–water partition coefficient (Wildman–Crippen LogP) is 2.92. The van der Waals surface area contributed by atoms with Crippen LogP contribution in [0.1, 0.15) is 18.1 Å². The van der Waals surface area contributed by atoms with Gasteiger partial charge in [0, 0.05) is 45.6 Å². The number of aliphatic imine (C=N–C) groups is 1. The molecular formula is C19H30IN5. The summed E-state index contributed by atoms with van der Waals surface area (Å²) in [6.45, 7) is 6.75. The zero-order valence-corrected chi connectivity index (χ0v) is 17.7. The fraction of sp³-hybridized carbons (Fsp3) is 0.421. The summed E-state index contributed by atoms with van der Waals surface area (Å²) in [5, 5.41) is 6.72. The fourth-order valence-electron chi connectivity index (χ4n) is 2.49. The number of rotatable bonds is 8. The Balaban J connectivity index is 0.00000312. The normalized spacial score (nSPS) is 11.3. The van der Waals surface area contributed by atoms with Gasteiger partial charge in [0.1, 0.15) is 0 Å². The van der Waals surface area contributed by atoms with Crippen LogP contribution in [0.3, 0.4) is 0 Å². The first-order valence-corrected chi connectivity index (χ1v) is 8.53. The number of guanidine groups is 1. The Morgan fingerprint density at radius 3 is 2.52 bits per heavy atom. The maximum atomic E-state index is 4.28. The third-order valence-electron chi connectivity index (χ3n) is 4.00. The first kappa shape index (κ1) is 21.5. The highest BCUT2D eigenvalue weighted by molar-refractivity contribution is 14.0. The molecule has 6 heteroatoms. The molecule has 138 valence electrons. The van der Waals surface area contributed by atoms with Gasteiger partial charge in [-0.25, -0.2) is 0 Å². The number of hydrogen-bond acceptors (Lipinski definition) is 2. The van der Waals surface area contributed by atoms with Crippen molar-refractivity contribution in [3.8, 4) is 0 Å². The monoisotopic (exact) mass is 455 g/mol. The average molecular weight is 455 g/mol. The molecule has 0 fully saturated rings. The summed E-state index contributed by atoms with van der Waals surface area (Å²) < 4.78 is 2.15. The van der Waals surface area contributed by atoms with Crippen LogP contribution < -0.4 is 10.6 Å². The summed E-state index contributed by atoms with van der Waals surface area (Å²) in [4.78, 5) is 6.58. The van der Waals surface area contributed by atoms with Crippen molar-refractivity contribution in [1.82, 2.24) is 20.1 Å². The van der Waals surface area contributed by atoms with Gasteiger partial charge in [-0.3, -0.25) is 4.99 Å². The maximum Gasteiger partial charge on any atom is 0.191 e. The van der Waals surface area contributed by atoms with Gasteiger partial charge in [-0.1, -0.05) is 31.2 Å². The van der Waals surface area contributed by atoms with E-state index in [9.17, 15) is 0 Å². The van der Waals surface area contributed by atoms with Crippen LogP contribution in [-0.2, 0) is 19.6 Å². The van der Waals surface area contributed by atoms with E-state index in [-0.39, 0.29) is 24.0 Å². The maximum absolute atomic E-state index is 4.28. The second-order valence-electron chi connectivity index (χ2n) is 5.92. The first-order valence-electron chi connectivity index (χ1n) is 8.53. The van der Waals surface area contributed by atoms with Crippen LogP contribution in [0.25, 0.3) is 0 Å². The predicted molar refractivity (Wildman–Crippen MR) is 116 cm³/mol. The molecule has 0 radical (unpaired) electrons. The lowest BCUT2D eigenvalue weighted by Gasteiger charge is -2.15. The molecule has 2 aromatic rings. The highest BCUT2D eigenvalue weighted by Crippen LogP contribution is 2.07. The standard InChI is InChI=1S/C19H29N5.HI/c1-4-23(3)16-18-9-7-8-17(14-18)15-22-19(20-2)21-10-13-24-11-5-6-12-24;/h5-9,11-12,14H,4,10,13,15-16H2,1-3H3,(H2,20,21,22);1H. The average Bonchev–Trinajstić information content (AvgIpc) is 3.11. The van der Waals surface area contributed by atoms with E-state index >= 15 is 0 Å². The first-order chi connectivity index (χ1) is 11.7. The molecule has 0 bridgehead atoms. The number of nitrogens with one attached hydrogen (secondary N) is 2. The largest absolute Gasteiger partial charge is 0.355 e. The van der Waals surface area contributed by atoms with Gasteiger partial charge in [0.2, 0.25) is 0 Å². The highest BCUT2D eigenvalue weighted by Gasteiger charge is 2.01. The van der Waals surface area contributed by atoms with Gasteiger partial charge in [-0.15, -0.1) is 24.0 Å². The van der Waals surface area contributed by atoms with E-state index in [1.54, 1.807) is 7.05 Å². The van der Waals surface area contributed by atoms with Crippen molar-refractivity contribution in [2.45, 2.75) is 26.6 Å². The Bertz CT molecular complexity index is 625. The molecule has 0 aliphatic heterocycles. The lowest BCUT2D eigenvalue weighted by Crippen LogP contribution is -2.38. The third-order valence-corrected chi connectivity index (χ3v) is 4.00. The van der Waals surface area contributed by atoms with Crippen LogP contribution in [0.5, 0.6) is 0 Å². The van der Waals surface area contributed by atoms with Gasteiger partial charge >= 0.3 is 0 Å². The molecule has 0 amide bonds. The van der Waals surface area contributed by atoms with Crippen molar-refractivity contribution in [2.75, 3.05) is 27.2 Å². The van der Waals surface area contributed by atoms with Crippen LogP contribution in [0.15, 0.2) is 53.8 Å². The van der Waals surface area contributed by atoms with Crippen molar-refractivity contribution in [3.05, 3.63) is 59.9 Å². The van der Waals surface area contributed by atoms with Crippen LogP contribution in [-0.4, -0.2) is 42.6 Å². The van der Waals surface area contributed by atoms with E-state index in [2.05, 4.69) is 75.7 Å². The Morgan fingerprint density at radius 2 is 1.84 bits per heavy atom. The summed E-state index contributed by atoms with van der Waals surface area (Å²) >= 11 is 0. The summed E-state index contributed by atoms with van der Waals surface area (Å²) in [7, 11) is 3.94. The van der Waals surface area contributed by atoms with Gasteiger partial charge in [0.05, 0.1) is 0 Å². The summed E-state index contributed by atoms with van der Waals surface area (Å²) in [5.74, 6) is 0.832. The molecule has 0 unspecified atom stereocenters. The Kier molecular flexibility index (Phi) is 10.3. The van der Waals surface area contributed by atoms with Crippen LogP contribution in [0, 0.1) is 0 Å². The molecule has 0 aliphatic carbocycles. The zero-order valence-electron chi connectivity index (χ0n) is 15.4. The Morgan fingerprint density at radius 1 is 1.12 bits per heavy atom. The van der Waals surface area contributed by atoms with Crippen molar-refractivity contribution in [2.24, 2.45) is 4.99 Å². The second-order valence-corrected chi connectivity index (χ2v) is 5.92. The van der Waals surface area contributed by atoms with Crippen molar-refractivity contribution in [3.63, 3.8) is 0 Å². The van der Waals surface area contributed by atoms with Crippen molar-refractivity contribution in [1.29, 1.82) is 0 Å². The lowest BCUT2D eigenvalue weighted by molar-refractivity contribution is 0.345. The van der Waals surface area contributed by atoms with E-state index in [0.29, 0.717) is 0 Å². The Labute approximate surface area is 168 Å². The van der Waals surface area contributed by atoms with Crippen LogP contribution >= 0.6 is 24.0 Å². The number of hydrogen-bond donors (Lipinski definition) is 2. The fourth-order valence-corrected chi connectivity index (χ4v) is 2.49. The van der Waals surface area contributed by atoms with Crippen molar-refractivity contribution < 1.29 is 0 Å². The lowest BCUT2D eigenvalue weighted by atomic mass is 10.1. The highest BCUT2D eigenvalue weighted by atomic mass is 127. The van der Waals surface area contributed by atoms with E-state index < -0.39 is 0 Å². The van der Waals surface area contributed by atoms with Gasteiger partial charge in [0.15, 0.2) is 5.96 Å². The molecule has 1 aromatic carbocycles. The number of halogens is 1. The molecule has 0 saturated carbocycles. The topological polar surface area (TPSA) is 44.6 Å². The SMILES string of the molecule is CCN(C)Cc1cccc(CNC(=NC)NCCn2cccc2)c1.I. The summed E-state index contributed by atoms with van der Waals surface area (Å²) in [5.41, 5.74) is 2.61. The van der Waals surface area contributed by atoms with E-state index in [4.69, 9.17) is 0 Å². The summed E-state index contributed by atoms with van der Waals surface area (Å²) in [6.07, 6.45) is 4.13. The van der Waals surface area contributed by atoms with Gasteiger partial charge < -0.3 is 20.1 Å². The van der Waals surface area contributed by atoms with Gasteiger partial charge in [-0.2, -0.15) is 0 Å². The molecule has 0 atom stereocenters. The molecule has 0 spiro atoms. The van der Waals surface area contributed by atoms with E-state index in [1.165, 1.54) is 11.1 Å². The minimum atomic E-state index is 0. The molecule has 5 nitrogen and oxygen atoms in total. The van der Waals surface area contributed by atoms with E-state index in [0.717, 1.165) is 38.7 Å². The van der Waals surface area contributed by atoms with Gasteiger partial charge in [-0.05, 0) is 36.9 Å². The minimum absolute atomic E-state index is 0. The molecule has 2 N–H and O–H groups in total. The number of aromatic nitrogens is 1. The van der Waals surface area contributed by atoms with Crippen LogP contribution in [0.2, 0.25) is 0 Å². The molecule has 25 heavy (non-hydrogen) atoms. The number of nitrogens with zero attached hydrogens (tertiary/aromatic N) is 3. The Hall–Kier alpha value is -1.54. The summed E-state index contributed by atoms with van der Waals surface area (Å²) in [6, 6.07) is 12.8. The van der Waals surface area contributed by atoms with Crippen LogP contribution in [0.4, 0.5) is 0 Å². The van der Waals surface area contributed by atoms with Gasteiger partial charge in [0.25, 0.3) is 0 Å². The molecule has 0 aliphatic rings. The van der Waals surface area contributed by atoms with E-state index in [1.807, 2.05) is 12.1 Å². The second kappa shape index (κ2) is 11.9. The number of benzene rings is 1. The van der Waals surface area contributed by atoms with Crippen molar-refractivity contribution >= 4 is 29.9 Å². The smallest absolute Gasteiger partial charge is 0.191 e. The molecule has 2 rings (SSSR count). The molecular weight excluding hydrogens is 425 g/mol. The molecule has 1 aromatic heterocycles.